The normalized spacial score (nSPS) is 12.3. The fraction of sp³-hybridized carbons (Fsp3) is 0.267. The Morgan fingerprint density at radius 1 is 1.45 bits per heavy atom. The number of furan rings is 1. The van der Waals surface area contributed by atoms with E-state index in [1.807, 2.05) is 31.2 Å². The Balaban J connectivity index is 2.04. The lowest BCUT2D eigenvalue weighted by atomic mass is 10.1. The molecule has 2 rings (SSSR count). The summed E-state index contributed by atoms with van der Waals surface area (Å²) in [5.74, 6) is -0.401. The van der Waals surface area contributed by atoms with E-state index in [0.717, 1.165) is 10.0 Å². The van der Waals surface area contributed by atoms with Crippen LogP contribution in [0.1, 0.15) is 40.4 Å². The Morgan fingerprint density at radius 3 is 2.75 bits per heavy atom. The zero-order valence-electron chi connectivity index (χ0n) is 11.3. The first-order chi connectivity index (χ1) is 9.49. The molecule has 2 aromatic rings. The van der Waals surface area contributed by atoms with Crippen LogP contribution in [0.5, 0.6) is 0 Å². The van der Waals surface area contributed by atoms with E-state index in [-0.39, 0.29) is 11.8 Å². The molecule has 0 saturated heterocycles. The SMILES string of the molecule is Cc1cc(CN[C@H](C)c2ccccc2Br)oc1C(=O)O. The molecule has 0 bridgehead atoms. The van der Waals surface area contributed by atoms with Gasteiger partial charge in [-0.1, -0.05) is 34.1 Å². The summed E-state index contributed by atoms with van der Waals surface area (Å²) in [7, 11) is 0. The third-order valence-corrected chi connectivity index (χ3v) is 3.84. The van der Waals surface area contributed by atoms with Gasteiger partial charge in [0.2, 0.25) is 5.76 Å². The van der Waals surface area contributed by atoms with Gasteiger partial charge in [0.05, 0.1) is 6.54 Å². The summed E-state index contributed by atoms with van der Waals surface area (Å²) in [5, 5.41) is 12.3. The number of aromatic carboxylic acids is 1. The fourth-order valence-corrected chi connectivity index (χ4v) is 2.67. The summed E-state index contributed by atoms with van der Waals surface area (Å²) >= 11 is 3.52. The number of aryl methyl sites for hydroxylation is 1. The van der Waals surface area contributed by atoms with Gasteiger partial charge >= 0.3 is 5.97 Å². The fourth-order valence-electron chi connectivity index (χ4n) is 2.04. The van der Waals surface area contributed by atoms with Gasteiger partial charge in [0, 0.05) is 16.1 Å². The van der Waals surface area contributed by atoms with E-state index in [2.05, 4.69) is 21.2 Å². The van der Waals surface area contributed by atoms with Gasteiger partial charge in [-0.25, -0.2) is 4.79 Å². The summed E-state index contributed by atoms with van der Waals surface area (Å²) in [6, 6.07) is 9.87. The molecule has 0 radical (unpaired) electrons. The van der Waals surface area contributed by atoms with E-state index in [1.165, 1.54) is 0 Å². The minimum absolute atomic E-state index is 0.00958. The third-order valence-electron chi connectivity index (χ3n) is 3.12. The largest absolute Gasteiger partial charge is 0.475 e. The molecule has 1 atom stereocenters. The Morgan fingerprint density at radius 2 is 2.15 bits per heavy atom. The maximum atomic E-state index is 10.9. The number of rotatable bonds is 5. The van der Waals surface area contributed by atoms with E-state index in [4.69, 9.17) is 9.52 Å². The third kappa shape index (κ3) is 3.29. The van der Waals surface area contributed by atoms with Gasteiger partial charge in [0.15, 0.2) is 0 Å². The summed E-state index contributed by atoms with van der Waals surface area (Å²) < 4.78 is 6.36. The van der Waals surface area contributed by atoms with Crippen molar-refractivity contribution in [3.05, 3.63) is 57.5 Å². The van der Waals surface area contributed by atoms with Crippen molar-refractivity contribution >= 4 is 21.9 Å². The molecular formula is C15H16BrNO3. The second-order valence-electron chi connectivity index (χ2n) is 4.65. The topological polar surface area (TPSA) is 62.5 Å². The average Bonchev–Trinajstić information content (AvgIpc) is 2.78. The second-order valence-corrected chi connectivity index (χ2v) is 5.51. The van der Waals surface area contributed by atoms with E-state index in [1.54, 1.807) is 13.0 Å². The first-order valence-electron chi connectivity index (χ1n) is 6.29. The first-order valence-corrected chi connectivity index (χ1v) is 7.08. The number of carbonyl (C=O) groups is 1. The molecular weight excluding hydrogens is 322 g/mol. The van der Waals surface area contributed by atoms with Gasteiger partial charge in [-0.15, -0.1) is 0 Å². The van der Waals surface area contributed by atoms with Crippen molar-refractivity contribution < 1.29 is 14.3 Å². The molecule has 106 valence electrons. The highest BCUT2D eigenvalue weighted by Crippen LogP contribution is 2.23. The molecule has 0 spiro atoms. The van der Waals surface area contributed by atoms with Gasteiger partial charge in [0.1, 0.15) is 5.76 Å². The predicted octanol–water partition coefficient (Wildman–Crippen LogP) is 3.90. The molecule has 0 saturated carbocycles. The van der Waals surface area contributed by atoms with Crippen molar-refractivity contribution in [3.8, 4) is 0 Å². The molecule has 4 nitrogen and oxygen atoms in total. The average molecular weight is 338 g/mol. The number of hydrogen-bond donors (Lipinski definition) is 2. The Hall–Kier alpha value is -1.59. The minimum atomic E-state index is -1.03. The summed E-state index contributed by atoms with van der Waals surface area (Å²) in [6.45, 7) is 4.26. The maximum absolute atomic E-state index is 10.9. The minimum Gasteiger partial charge on any atom is -0.475 e. The molecule has 0 aliphatic carbocycles. The van der Waals surface area contributed by atoms with Crippen LogP contribution < -0.4 is 5.32 Å². The van der Waals surface area contributed by atoms with Gasteiger partial charge in [0.25, 0.3) is 0 Å². The second kappa shape index (κ2) is 6.24. The Labute approximate surface area is 125 Å². The molecule has 1 aromatic carbocycles. The lowest BCUT2D eigenvalue weighted by Crippen LogP contribution is -2.18. The number of halogens is 1. The van der Waals surface area contributed by atoms with Crippen LogP contribution >= 0.6 is 15.9 Å². The maximum Gasteiger partial charge on any atom is 0.372 e. The summed E-state index contributed by atoms with van der Waals surface area (Å²) in [6.07, 6.45) is 0. The van der Waals surface area contributed by atoms with Crippen LogP contribution in [0.15, 0.2) is 39.2 Å². The van der Waals surface area contributed by atoms with Crippen molar-refractivity contribution in [2.24, 2.45) is 0 Å². The predicted molar refractivity (Wildman–Crippen MR) is 79.8 cm³/mol. The van der Waals surface area contributed by atoms with E-state index in [0.29, 0.717) is 17.9 Å². The van der Waals surface area contributed by atoms with E-state index in [9.17, 15) is 4.79 Å². The molecule has 1 heterocycles. The van der Waals surface area contributed by atoms with Crippen molar-refractivity contribution in [1.82, 2.24) is 5.32 Å². The molecule has 20 heavy (non-hydrogen) atoms. The quantitative estimate of drug-likeness (QED) is 0.868. The van der Waals surface area contributed by atoms with Crippen LogP contribution in [0.4, 0.5) is 0 Å². The highest BCUT2D eigenvalue weighted by atomic mass is 79.9. The van der Waals surface area contributed by atoms with Crippen molar-refractivity contribution in [3.63, 3.8) is 0 Å². The molecule has 0 amide bonds. The van der Waals surface area contributed by atoms with Crippen molar-refractivity contribution in [1.29, 1.82) is 0 Å². The van der Waals surface area contributed by atoms with Gasteiger partial charge in [-0.05, 0) is 31.5 Å². The number of benzene rings is 1. The van der Waals surface area contributed by atoms with Crippen molar-refractivity contribution in [2.75, 3.05) is 0 Å². The van der Waals surface area contributed by atoms with E-state index < -0.39 is 5.97 Å². The molecule has 0 aliphatic heterocycles. The van der Waals surface area contributed by atoms with Crippen LogP contribution in [-0.2, 0) is 6.54 Å². The van der Waals surface area contributed by atoms with Crippen molar-refractivity contribution in [2.45, 2.75) is 26.4 Å². The van der Waals surface area contributed by atoms with E-state index >= 15 is 0 Å². The van der Waals surface area contributed by atoms with Gasteiger partial charge in [-0.3, -0.25) is 0 Å². The first kappa shape index (κ1) is 14.8. The lowest BCUT2D eigenvalue weighted by Gasteiger charge is -2.14. The molecule has 0 fully saturated rings. The zero-order chi connectivity index (χ0) is 14.7. The van der Waals surface area contributed by atoms with Crippen LogP contribution in [0.2, 0.25) is 0 Å². The summed E-state index contributed by atoms with van der Waals surface area (Å²) in [4.78, 5) is 10.9. The van der Waals surface area contributed by atoms with Crippen LogP contribution in [0.25, 0.3) is 0 Å². The smallest absolute Gasteiger partial charge is 0.372 e. The highest BCUT2D eigenvalue weighted by Gasteiger charge is 2.15. The number of nitrogens with one attached hydrogen (secondary N) is 1. The van der Waals surface area contributed by atoms with Gasteiger partial charge < -0.3 is 14.8 Å². The zero-order valence-corrected chi connectivity index (χ0v) is 12.9. The number of carboxylic acids is 1. The van der Waals surface area contributed by atoms with Crippen LogP contribution in [0, 0.1) is 6.92 Å². The highest BCUT2D eigenvalue weighted by molar-refractivity contribution is 9.10. The monoisotopic (exact) mass is 337 g/mol. The molecule has 5 heteroatoms. The lowest BCUT2D eigenvalue weighted by molar-refractivity contribution is 0.0659. The summed E-state index contributed by atoms with van der Waals surface area (Å²) in [5.41, 5.74) is 1.79. The molecule has 2 N–H and O–H groups in total. The van der Waals surface area contributed by atoms with Crippen LogP contribution in [0.3, 0.4) is 0 Å². The van der Waals surface area contributed by atoms with Gasteiger partial charge in [-0.2, -0.15) is 0 Å². The molecule has 1 aromatic heterocycles. The standard InChI is InChI=1S/C15H16BrNO3/c1-9-7-11(20-14(9)15(18)19)8-17-10(2)12-5-3-4-6-13(12)16/h3-7,10,17H,8H2,1-2H3,(H,18,19)/t10-/m1/s1. The Kier molecular flexibility index (Phi) is 4.62. The molecule has 0 aliphatic rings. The number of hydrogen-bond acceptors (Lipinski definition) is 3. The number of carboxylic acid groups (broad SMARTS) is 1. The van der Waals surface area contributed by atoms with Crippen LogP contribution in [-0.4, -0.2) is 11.1 Å². The molecule has 0 unspecified atom stereocenters. The Bertz CT molecular complexity index is 621.